The van der Waals surface area contributed by atoms with Crippen LogP contribution in [0.2, 0.25) is 0 Å². The van der Waals surface area contributed by atoms with E-state index in [9.17, 15) is 8.42 Å². The number of nitrogens with two attached hydrogens (primary N) is 1. The Morgan fingerprint density at radius 3 is 2.38 bits per heavy atom. The van der Waals surface area contributed by atoms with Gasteiger partial charge in [-0.05, 0) is 36.1 Å². The van der Waals surface area contributed by atoms with Crippen molar-refractivity contribution < 1.29 is 12.8 Å². The predicted molar refractivity (Wildman–Crippen MR) is 84.3 cm³/mol. The second-order valence-corrected chi connectivity index (χ2v) is 7.02. The predicted octanol–water partition coefficient (Wildman–Crippen LogP) is 2.08. The minimum atomic E-state index is -3.62. The van der Waals surface area contributed by atoms with Gasteiger partial charge in [0.15, 0.2) is 0 Å². The zero-order chi connectivity index (χ0) is 15.3. The van der Waals surface area contributed by atoms with Crippen LogP contribution in [-0.4, -0.2) is 14.7 Å². The highest BCUT2D eigenvalue weighted by Crippen LogP contribution is 2.13. The molecule has 2 aromatic rings. The Kier molecular flexibility index (Phi) is 5.46. The molecule has 0 unspecified atom stereocenters. The van der Waals surface area contributed by atoms with Gasteiger partial charge in [0.05, 0.1) is 17.2 Å². The van der Waals surface area contributed by atoms with Gasteiger partial charge in [0, 0.05) is 6.54 Å². The normalized spacial score (nSPS) is 11.7. The Labute approximate surface area is 129 Å². The molecule has 0 amide bonds. The molecule has 3 N–H and O–H groups in total. The van der Waals surface area contributed by atoms with Crippen LogP contribution in [0.5, 0.6) is 0 Å². The molecule has 21 heavy (non-hydrogen) atoms. The highest BCUT2D eigenvalue weighted by molar-refractivity contribution is 7.97. The smallest absolute Gasteiger partial charge is 0.238 e. The molecule has 7 heteroatoms. The molecule has 0 saturated heterocycles. The summed E-state index contributed by atoms with van der Waals surface area (Å²) in [7, 11) is -3.62. The van der Waals surface area contributed by atoms with E-state index in [1.54, 1.807) is 23.9 Å². The summed E-state index contributed by atoms with van der Waals surface area (Å²) in [6.07, 6.45) is 2.03. The second-order valence-electron chi connectivity index (χ2n) is 4.59. The van der Waals surface area contributed by atoms with Gasteiger partial charge in [-0.3, -0.25) is 0 Å². The van der Waals surface area contributed by atoms with Crippen molar-refractivity contribution in [2.75, 3.05) is 6.26 Å². The van der Waals surface area contributed by atoms with E-state index in [0.717, 1.165) is 22.8 Å². The van der Waals surface area contributed by atoms with Gasteiger partial charge in [0.2, 0.25) is 10.0 Å². The number of benzene rings is 1. The van der Waals surface area contributed by atoms with Crippen LogP contribution in [0.4, 0.5) is 0 Å². The van der Waals surface area contributed by atoms with E-state index in [1.807, 2.05) is 18.4 Å². The first kappa shape index (κ1) is 16.1. The average molecular weight is 326 g/mol. The van der Waals surface area contributed by atoms with E-state index in [0.29, 0.717) is 13.1 Å². The minimum Gasteiger partial charge on any atom is -0.464 e. The molecule has 2 rings (SSSR count). The molecular formula is C14H18N2O3S2. The van der Waals surface area contributed by atoms with Crippen molar-refractivity contribution in [2.24, 2.45) is 5.14 Å². The number of hydrogen-bond donors (Lipinski definition) is 2. The fourth-order valence-corrected chi connectivity index (χ4v) is 2.82. The van der Waals surface area contributed by atoms with Crippen LogP contribution in [0.1, 0.15) is 17.1 Å². The first-order valence-electron chi connectivity index (χ1n) is 6.38. The van der Waals surface area contributed by atoms with Crippen molar-refractivity contribution >= 4 is 21.8 Å². The lowest BCUT2D eigenvalue weighted by atomic mass is 10.2. The zero-order valence-electron chi connectivity index (χ0n) is 11.7. The van der Waals surface area contributed by atoms with Gasteiger partial charge in [0.1, 0.15) is 11.5 Å². The summed E-state index contributed by atoms with van der Waals surface area (Å²) in [6.45, 7) is 1.26. The third-order valence-corrected chi connectivity index (χ3v) is 4.39. The third kappa shape index (κ3) is 4.89. The third-order valence-electron chi connectivity index (χ3n) is 2.88. The highest BCUT2D eigenvalue weighted by atomic mass is 32.2. The zero-order valence-corrected chi connectivity index (χ0v) is 13.3. The fraction of sp³-hybridized carbons (Fsp3) is 0.286. The number of thioether (sulfide) groups is 1. The SMILES string of the molecule is CSCc1ccc(CNCc2ccc(S(N)(=O)=O)cc2)o1. The minimum absolute atomic E-state index is 0.124. The summed E-state index contributed by atoms with van der Waals surface area (Å²) in [4.78, 5) is 0.124. The van der Waals surface area contributed by atoms with E-state index in [1.165, 1.54) is 12.1 Å². The molecular weight excluding hydrogens is 308 g/mol. The number of nitrogens with one attached hydrogen (secondary N) is 1. The van der Waals surface area contributed by atoms with Crippen molar-refractivity contribution in [1.29, 1.82) is 0 Å². The van der Waals surface area contributed by atoms with Gasteiger partial charge < -0.3 is 9.73 Å². The van der Waals surface area contributed by atoms with Crippen molar-refractivity contribution in [3.63, 3.8) is 0 Å². The van der Waals surface area contributed by atoms with Crippen LogP contribution in [0.3, 0.4) is 0 Å². The Balaban J connectivity index is 1.85. The molecule has 0 bridgehead atoms. The van der Waals surface area contributed by atoms with Gasteiger partial charge in [-0.25, -0.2) is 13.6 Å². The van der Waals surface area contributed by atoms with Crippen molar-refractivity contribution in [2.45, 2.75) is 23.7 Å². The maximum Gasteiger partial charge on any atom is 0.238 e. The first-order valence-corrected chi connectivity index (χ1v) is 9.32. The summed E-state index contributed by atoms with van der Waals surface area (Å²) in [6, 6.07) is 10.4. The molecule has 1 aromatic carbocycles. The number of sulfonamides is 1. The van der Waals surface area contributed by atoms with E-state index >= 15 is 0 Å². The summed E-state index contributed by atoms with van der Waals surface area (Å²) < 4.78 is 27.9. The van der Waals surface area contributed by atoms with Crippen LogP contribution >= 0.6 is 11.8 Å². The van der Waals surface area contributed by atoms with E-state index in [-0.39, 0.29) is 4.90 Å². The second kappa shape index (κ2) is 7.13. The van der Waals surface area contributed by atoms with Gasteiger partial charge >= 0.3 is 0 Å². The molecule has 0 fully saturated rings. The summed E-state index contributed by atoms with van der Waals surface area (Å²) in [5.41, 5.74) is 0.985. The monoisotopic (exact) mass is 326 g/mol. The quantitative estimate of drug-likeness (QED) is 0.813. The first-order chi connectivity index (χ1) is 9.99. The number of primary sulfonamides is 1. The number of rotatable bonds is 7. The Hall–Kier alpha value is -1.28. The molecule has 5 nitrogen and oxygen atoms in total. The van der Waals surface area contributed by atoms with Crippen molar-refractivity contribution in [3.8, 4) is 0 Å². The van der Waals surface area contributed by atoms with Crippen LogP contribution in [0, 0.1) is 0 Å². The molecule has 114 valence electrons. The molecule has 0 spiro atoms. The lowest BCUT2D eigenvalue weighted by Crippen LogP contribution is -2.14. The summed E-state index contributed by atoms with van der Waals surface area (Å²) in [5.74, 6) is 2.73. The maximum atomic E-state index is 11.1. The Bertz CT molecular complexity index is 678. The topological polar surface area (TPSA) is 85.3 Å². The molecule has 0 atom stereocenters. The Morgan fingerprint density at radius 2 is 1.76 bits per heavy atom. The van der Waals surface area contributed by atoms with Gasteiger partial charge in [-0.1, -0.05) is 12.1 Å². The summed E-state index contributed by atoms with van der Waals surface area (Å²) in [5, 5.41) is 8.30. The molecule has 0 aliphatic rings. The van der Waals surface area contributed by atoms with E-state index in [2.05, 4.69) is 5.32 Å². The molecule has 0 saturated carbocycles. The van der Waals surface area contributed by atoms with Gasteiger partial charge in [0.25, 0.3) is 0 Å². The maximum absolute atomic E-state index is 11.1. The number of furan rings is 1. The largest absolute Gasteiger partial charge is 0.464 e. The van der Waals surface area contributed by atoms with Crippen molar-refractivity contribution in [3.05, 3.63) is 53.5 Å². The van der Waals surface area contributed by atoms with Crippen LogP contribution in [0.25, 0.3) is 0 Å². The van der Waals surface area contributed by atoms with Gasteiger partial charge in [-0.15, -0.1) is 0 Å². The van der Waals surface area contributed by atoms with Gasteiger partial charge in [-0.2, -0.15) is 11.8 Å². The Morgan fingerprint density at radius 1 is 1.10 bits per heavy atom. The van der Waals surface area contributed by atoms with Crippen molar-refractivity contribution in [1.82, 2.24) is 5.32 Å². The molecule has 0 radical (unpaired) electrons. The standard InChI is InChI=1S/C14H18N2O3S2/c1-20-10-13-5-4-12(19-13)9-16-8-11-2-6-14(7-3-11)21(15,17)18/h2-7,16H,8-10H2,1H3,(H2,15,17,18). The summed E-state index contributed by atoms with van der Waals surface area (Å²) >= 11 is 1.72. The molecule has 1 heterocycles. The lowest BCUT2D eigenvalue weighted by Gasteiger charge is -2.04. The van der Waals surface area contributed by atoms with Crippen LogP contribution in [-0.2, 0) is 28.9 Å². The number of hydrogen-bond acceptors (Lipinski definition) is 5. The molecule has 1 aromatic heterocycles. The van der Waals surface area contributed by atoms with E-state index < -0.39 is 10.0 Å². The van der Waals surface area contributed by atoms with Crippen LogP contribution in [0.15, 0.2) is 45.7 Å². The highest BCUT2D eigenvalue weighted by Gasteiger charge is 2.06. The lowest BCUT2D eigenvalue weighted by molar-refractivity contribution is 0.459. The average Bonchev–Trinajstić information content (AvgIpc) is 2.86. The molecule has 0 aliphatic carbocycles. The van der Waals surface area contributed by atoms with E-state index in [4.69, 9.17) is 9.56 Å². The van der Waals surface area contributed by atoms with Crippen LogP contribution < -0.4 is 10.5 Å². The molecule has 0 aliphatic heterocycles. The fourth-order valence-electron chi connectivity index (χ4n) is 1.86.